The van der Waals surface area contributed by atoms with Crippen LogP contribution in [0.3, 0.4) is 0 Å². The number of carboxylic acid groups (broad SMARTS) is 1. The molecule has 0 amide bonds. The molecule has 23 heavy (non-hydrogen) atoms. The minimum Gasteiger partial charge on any atom is -0.480 e. The van der Waals surface area contributed by atoms with E-state index in [1.165, 1.54) is 0 Å². The molecule has 0 saturated heterocycles. The van der Waals surface area contributed by atoms with Crippen LogP contribution in [0, 0.1) is 0 Å². The normalized spacial score (nSPS) is 13.0. The van der Waals surface area contributed by atoms with Crippen LogP contribution in [-0.2, 0) is 11.3 Å². The zero-order valence-electron chi connectivity index (χ0n) is 12.5. The van der Waals surface area contributed by atoms with E-state index in [0.717, 1.165) is 9.86 Å². The highest BCUT2D eigenvalue weighted by atomic mass is 79.9. The molecular weight excluding hydrogens is 366 g/mol. The fraction of sp³-hybridized carbons (Fsp3) is 0.267. The van der Waals surface area contributed by atoms with Crippen LogP contribution < -0.4 is 5.56 Å². The molecule has 0 saturated carbocycles. The van der Waals surface area contributed by atoms with Crippen LogP contribution in [0.25, 0.3) is 22.1 Å². The molecule has 2 heterocycles. The molecule has 0 unspecified atom stereocenters. The van der Waals surface area contributed by atoms with Crippen molar-refractivity contribution in [2.75, 3.05) is 7.05 Å². The van der Waals surface area contributed by atoms with Crippen molar-refractivity contribution in [3.05, 3.63) is 38.9 Å². The number of hydrogen-bond donors (Lipinski definition) is 2. The molecular formula is C15H14BrN3O4. The van der Waals surface area contributed by atoms with E-state index in [4.69, 9.17) is 9.52 Å². The van der Waals surface area contributed by atoms with E-state index < -0.39 is 12.0 Å². The highest BCUT2D eigenvalue weighted by molar-refractivity contribution is 9.10. The van der Waals surface area contributed by atoms with Crippen LogP contribution in [0.5, 0.6) is 0 Å². The van der Waals surface area contributed by atoms with Crippen molar-refractivity contribution in [2.24, 2.45) is 0 Å². The molecule has 0 fully saturated rings. The molecule has 120 valence electrons. The predicted molar refractivity (Wildman–Crippen MR) is 88.4 cm³/mol. The summed E-state index contributed by atoms with van der Waals surface area (Å²) in [6, 6.07) is 4.73. The molecule has 2 N–H and O–H groups in total. The Hall–Kier alpha value is -2.19. The molecule has 0 aliphatic heterocycles. The van der Waals surface area contributed by atoms with Gasteiger partial charge in [-0.05, 0) is 32.2 Å². The largest absolute Gasteiger partial charge is 0.480 e. The first-order valence-corrected chi connectivity index (χ1v) is 7.70. The topological polar surface area (TPSA) is 99.4 Å². The smallest absolute Gasteiger partial charge is 0.320 e. The molecule has 0 aliphatic carbocycles. The van der Waals surface area contributed by atoms with E-state index in [0.29, 0.717) is 16.9 Å². The van der Waals surface area contributed by atoms with Crippen molar-refractivity contribution in [1.29, 1.82) is 0 Å². The molecule has 0 spiro atoms. The first-order valence-electron chi connectivity index (χ1n) is 6.91. The summed E-state index contributed by atoms with van der Waals surface area (Å²) in [4.78, 5) is 31.9. The number of benzene rings is 1. The zero-order chi connectivity index (χ0) is 16.7. The third kappa shape index (κ3) is 2.87. The Kier molecular flexibility index (Phi) is 3.95. The van der Waals surface area contributed by atoms with Gasteiger partial charge >= 0.3 is 5.97 Å². The summed E-state index contributed by atoms with van der Waals surface area (Å²) in [5.41, 5.74) is 0.825. The van der Waals surface area contributed by atoms with Gasteiger partial charge in [0.15, 0.2) is 0 Å². The highest BCUT2D eigenvalue weighted by Crippen LogP contribution is 2.27. The maximum Gasteiger partial charge on any atom is 0.320 e. The summed E-state index contributed by atoms with van der Waals surface area (Å²) in [6.07, 6.45) is 0. The summed E-state index contributed by atoms with van der Waals surface area (Å²) in [6.45, 7) is 1.78. The van der Waals surface area contributed by atoms with Crippen molar-refractivity contribution in [2.45, 2.75) is 19.5 Å². The van der Waals surface area contributed by atoms with Gasteiger partial charge in [-0.3, -0.25) is 14.5 Å². The van der Waals surface area contributed by atoms with Crippen LogP contribution >= 0.6 is 15.9 Å². The molecule has 3 rings (SSSR count). The fourth-order valence-corrected chi connectivity index (χ4v) is 2.67. The third-order valence-electron chi connectivity index (χ3n) is 3.75. The standard InChI is InChI=1S/C15H14BrN3O4/c1-7(15(21)22)19(2)6-11-17-12-9-5-8(16)3-4-10(9)23-13(12)14(20)18-11/h3-5,7H,6H2,1-2H3,(H,21,22)(H,17,18,20)/t7-/m0/s1. The Bertz CT molecular complexity index is 962. The van der Waals surface area contributed by atoms with Gasteiger partial charge in [0.2, 0.25) is 5.58 Å². The van der Waals surface area contributed by atoms with E-state index in [2.05, 4.69) is 25.9 Å². The van der Waals surface area contributed by atoms with E-state index in [1.54, 1.807) is 24.9 Å². The van der Waals surface area contributed by atoms with Crippen LogP contribution in [0.1, 0.15) is 12.7 Å². The summed E-state index contributed by atoms with van der Waals surface area (Å²) < 4.78 is 6.40. The minimum absolute atomic E-state index is 0.163. The second-order valence-electron chi connectivity index (χ2n) is 5.36. The monoisotopic (exact) mass is 379 g/mol. The number of halogens is 1. The van der Waals surface area contributed by atoms with Gasteiger partial charge in [-0.1, -0.05) is 15.9 Å². The number of likely N-dealkylation sites (N-methyl/N-ethyl adjacent to an activating group) is 1. The average molecular weight is 380 g/mol. The van der Waals surface area contributed by atoms with Gasteiger partial charge in [0.05, 0.1) is 6.54 Å². The third-order valence-corrected chi connectivity index (χ3v) is 4.25. The summed E-state index contributed by atoms with van der Waals surface area (Å²) in [5.74, 6) is -0.547. The highest BCUT2D eigenvalue weighted by Gasteiger charge is 2.19. The molecule has 1 atom stereocenters. The Morgan fingerprint density at radius 1 is 1.52 bits per heavy atom. The maximum atomic E-state index is 12.2. The molecule has 1 aromatic carbocycles. The van der Waals surface area contributed by atoms with Crippen molar-refractivity contribution in [1.82, 2.24) is 14.9 Å². The van der Waals surface area contributed by atoms with Gasteiger partial charge in [0, 0.05) is 9.86 Å². The molecule has 8 heteroatoms. The first kappa shape index (κ1) is 15.7. The number of nitrogens with one attached hydrogen (secondary N) is 1. The molecule has 0 aliphatic rings. The number of rotatable bonds is 4. The minimum atomic E-state index is -0.936. The second kappa shape index (κ2) is 5.78. The summed E-state index contributed by atoms with van der Waals surface area (Å²) in [5, 5.41) is 9.77. The number of nitrogens with zero attached hydrogens (tertiary/aromatic N) is 2. The number of fused-ring (bicyclic) bond motifs is 3. The second-order valence-corrected chi connectivity index (χ2v) is 6.28. The number of hydrogen-bond acceptors (Lipinski definition) is 5. The van der Waals surface area contributed by atoms with Crippen LogP contribution in [-0.4, -0.2) is 39.0 Å². The first-order chi connectivity index (χ1) is 10.9. The number of aromatic nitrogens is 2. The summed E-state index contributed by atoms with van der Waals surface area (Å²) >= 11 is 3.39. The van der Waals surface area contributed by atoms with Crippen LogP contribution in [0.15, 0.2) is 31.9 Å². The van der Waals surface area contributed by atoms with Crippen molar-refractivity contribution in [3.63, 3.8) is 0 Å². The van der Waals surface area contributed by atoms with Crippen molar-refractivity contribution < 1.29 is 14.3 Å². The quantitative estimate of drug-likeness (QED) is 0.721. The molecule has 3 aromatic rings. The lowest BCUT2D eigenvalue weighted by Crippen LogP contribution is -2.36. The molecule has 2 aromatic heterocycles. The number of carbonyl (C=O) groups is 1. The number of aliphatic carboxylic acids is 1. The van der Waals surface area contributed by atoms with E-state index >= 15 is 0 Å². The fourth-order valence-electron chi connectivity index (χ4n) is 2.31. The Labute approximate surface area is 139 Å². The average Bonchev–Trinajstić information content (AvgIpc) is 2.85. The zero-order valence-corrected chi connectivity index (χ0v) is 14.0. The predicted octanol–water partition coefficient (Wildman–Crippen LogP) is 2.34. The van der Waals surface area contributed by atoms with Gasteiger partial charge in [-0.2, -0.15) is 0 Å². The Morgan fingerprint density at radius 2 is 2.26 bits per heavy atom. The Balaban J connectivity index is 2.09. The van der Waals surface area contributed by atoms with Gasteiger partial charge in [-0.25, -0.2) is 4.98 Å². The van der Waals surface area contributed by atoms with E-state index in [-0.39, 0.29) is 17.7 Å². The Morgan fingerprint density at radius 3 is 2.96 bits per heavy atom. The van der Waals surface area contributed by atoms with E-state index in [1.807, 2.05) is 12.1 Å². The van der Waals surface area contributed by atoms with Crippen LogP contribution in [0.2, 0.25) is 0 Å². The molecule has 7 nitrogen and oxygen atoms in total. The van der Waals surface area contributed by atoms with Crippen molar-refractivity contribution >= 4 is 44.0 Å². The SMILES string of the molecule is C[C@@H](C(=O)O)N(C)Cc1nc2c(oc3ccc(Br)cc32)c(=O)[nH]1. The number of carboxylic acids is 1. The molecule has 0 radical (unpaired) electrons. The molecule has 0 bridgehead atoms. The van der Waals surface area contributed by atoms with E-state index in [9.17, 15) is 9.59 Å². The van der Waals surface area contributed by atoms with Gasteiger partial charge in [0.1, 0.15) is 23.0 Å². The lowest BCUT2D eigenvalue weighted by molar-refractivity contribution is -0.142. The van der Waals surface area contributed by atoms with Gasteiger partial charge in [-0.15, -0.1) is 0 Å². The van der Waals surface area contributed by atoms with Crippen molar-refractivity contribution in [3.8, 4) is 0 Å². The lowest BCUT2D eigenvalue weighted by Gasteiger charge is -2.20. The van der Waals surface area contributed by atoms with Gasteiger partial charge in [0.25, 0.3) is 5.56 Å². The summed E-state index contributed by atoms with van der Waals surface area (Å²) in [7, 11) is 1.66. The van der Waals surface area contributed by atoms with Gasteiger partial charge < -0.3 is 14.5 Å². The lowest BCUT2D eigenvalue weighted by atomic mass is 10.2. The number of furan rings is 1. The maximum absolute atomic E-state index is 12.2. The van der Waals surface area contributed by atoms with Crippen LogP contribution in [0.4, 0.5) is 0 Å². The number of H-pyrrole nitrogens is 1. The number of aromatic amines is 1.